The zero-order chi connectivity index (χ0) is 25.5. The number of ether oxygens (including phenoxy) is 2. The van der Waals surface area contributed by atoms with Crippen molar-refractivity contribution in [1.29, 1.82) is 0 Å². The van der Waals surface area contributed by atoms with Crippen molar-refractivity contribution < 1.29 is 22.6 Å². The number of hydrogen-bond acceptors (Lipinski definition) is 2. The predicted molar refractivity (Wildman–Crippen MR) is 138 cm³/mol. The Kier molecular flexibility index (Phi) is 8.74. The number of hydrogen-bond donors (Lipinski definition) is 0. The Morgan fingerprint density at radius 3 is 2.33 bits per heavy atom. The molecule has 0 atom stereocenters. The Bertz CT molecular complexity index is 1170. The van der Waals surface area contributed by atoms with Crippen LogP contribution in [0.4, 0.5) is 13.2 Å². The Labute approximate surface area is 211 Å². The van der Waals surface area contributed by atoms with E-state index in [9.17, 15) is 13.2 Å². The Morgan fingerprint density at radius 1 is 0.889 bits per heavy atom. The number of rotatable bonds is 10. The molecule has 3 aromatic carbocycles. The third kappa shape index (κ3) is 6.31. The van der Waals surface area contributed by atoms with Gasteiger partial charge >= 0.3 is 0 Å². The first-order valence-electron chi connectivity index (χ1n) is 12.7. The van der Waals surface area contributed by atoms with Gasteiger partial charge in [-0.3, -0.25) is 0 Å². The molecule has 1 saturated carbocycles. The molecule has 5 heteroatoms. The molecule has 0 saturated heterocycles. The third-order valence-corrected chi connectivity index (χ3v) is 6.95. The van der Waals surface area contributed by atoms with Crippen LogP contribution in [-0.4, -0.2) is 6.61 Å². The van der Waals surface area contributed by atoms with Gasteiger partial charge in [0.15, 0.2) is 23.2 Å². The van der Waals surface area contributed by atoms with E-state index in [0.29, 0.717) is 29.4 Å². The normalized spacial score (nSPS) is 17.6. The van der Waals surface area contributed by atoms with Crippen LogP contribution in [-0.2, 0) is 6.61 Å². The maximum absolute atomic E-state index is 15.0. The molecule has 36 heavy (non-hydrogen) atoms. The van der Waals surface area contributed by atoms with E-state index in [1.807, 2.05) is 0 Å². The molecule has 0 amide bonds. The molecule has 190 valence electrons. The molecule has 0 radical (unpaired) electrons. The molecule has 1 aliphatic rings. The van der Waals surface area contributed by atoms with Crippen LogP contribution in [0.5, 0.6) is 11.5 Å². The lowest BCUT2D eigenvalue weighted by Gasteiger charge is -2.27. The Balaban J connectivity index is 1.37. The molecule has 0 spiro atoms. The van der Waals surface area contributed by atoms with Gasteiger partial charge in [0.2, 0.25) is 0 Å². The summed E-state index contributed by atoms with van der Waals surface area (Å²) in [4.78, 5) is 0. The van der Waals surface area contributed by atoms with Crippen LogP contribution in [0.25, 0.3) is 11.1 Å². The molecule has 3 aromatic rings. The van der Waals surface area contributed by atoms with E-state index in [-0.39, 0.29) is 23.8 Å². The fourth-order valence-corrected chi connectivity index (χ4v) is 4.72. The second kappa shape index (κ2) is 12.2. The summed E-state index contributed by atoms with van der Waals surface area (Å²) in [6, 6.07) is 15.0. The summed E-state index contributed by atoms with van der Waals surface area (Å²) >= 11 is 0. The topological polar surface area (TPSA) is 18.5 Å². The van der Waals surface area contributed by atoms with Gasteiger partial charge in [0, 0.05) is 11.6 Å². The number of benzene rings is 3. The van der Waals surface area contributed by atoms with Gasteiger partial charge in [-0.2, -0.15) is 0 Å². The van der Waals surface area contributed by atoms with E-state index < -0.39 is 17.5 Å². The van der Waals surface area contributed by atoms with Gasteiger partial charge in [-0.15, -0.1) is 6.58 Å². The minimum absolute atomic E-state index is 0.0898. The lowest BCUT2D eigenvalue weighted by molar-refractivity contribution is 0.287. The largest absolute Gasteiger partial charge is 0.491 e. The van der Waals surface area contributed by atoms with Crippen LogP contribution in [0, 0.1) is 23.4 Å². The van der Waals surface area contributed by atoms with Crippen molar-refractivity contribution in [2.75, 3.05) is 6.61 Å². The van der Waals surface area contributed by atoms with Gasteiger partial charge in [0.25, 0.3) is 0 Å². The van der Waals surface area contributed by atoms with Gasteiger partial charge in [-0.05, 0) is 66.3 Å². The van der Waals surface area contributed by atoms with Gasteiger partial charge in [-0.25, -0.2) is 13.2 Å². The Hall–Kier alpha value is -3.21. The molecule has 0 bridgehead atoms. The van der Waals surface area contributed by atoms with Crippen LogP contribution in [0.15, 0.2) is 67.3 Å². The molecule has 1 fully saturated rings. The molecular weight excluding hydrogens is 461 g/mol. The fourth-order valence-electron chi connectivity index (χ4n) is 4.72. The highest BCUT2D eigenvalue weighted by atomic mass is 19.2. The summed E-state index contributed by atoms with van der Waals surface area (Å²) in [7, 11) is 0. The standard InChI is InChI=1S/C31H33F3O2/c1-3-4-5-18-35-29-17-14-25(19-28(29)32)36-20-22-8-12-24(13-9-22)27-16-15-26(30(33)31(27)34)23-10-6-21(2)7-11-23/h3,8-9,12-17,19,21,23H,1,4-7,10-11,18,20H2,2H3. The molecule has 0 N–H and O–H groups in total. The number of halogens is 3. The van der Waals surface area contributed by atoms with Gasteiger partial charge in [-0.1, -0.05) is 62.2 Å². The van der Waals surface area contributed by atoms with Crippen molar-refractivity contribution >= 4 is 0 Å². The van der Waals surface area contributed by atoms with E-state index in [2.05, 4.69) is 13.5 Å². The first-order valence-corrected chi connectivity index (χ1v) is 12.7. The van der Waals surface area contributed by atoms with Crippen molar-refractivity contribution in [3.05, 3.63) is 95.8 Å². The number of unbranched alkanes of at least 4 members (excludes halogenated alkanes) is 1. The lowest BCUT2D eigenvalue weighted by Crippen LogP contribution is -2.13. The van der Waals surface area contributed by atoms with Gasteiger partial charge in [0.05, 0.1) is 6.61 Å². The summed E-state index contributed by atoms with van der Waals surface area (Å²) in [6.45, 7) is 6.50. The number of allylic oxidation sites excluding steroid dienone is 1. The quantitative estimate of drug-likeness (QED) is 0.207. The second-order valence-electron chi connectivity index (χ2n) is 9.64. The summed E-state index contributed by atoms with van der Waals surface area (Å²) in [6.07, 6.45) is 7.30. The van der Waals surface area contributed by atoms with E-state index >= 15 is 0 Å². The Morgan fingerprint density at radius 2 is 1.64 bits per heavy atom. The van der Waals surface area contributed by atoms with Crippen molar-refractivity contribution in [2.24, 2.45) is 5.92 Å². The van der Waals surface area contributed by atoms with Crippen LogP contribution in [0.3, 0.4) is 0 Å². The van der Waals surface area contributed by atoms with Crippen molar-refractivity contribution in [3.8, 4) is 22.6 Å². The van der Waals surface area contributed by atoms with Gasteiger partial charge < -0.3 is 9.47 Å². The summed E-state index contributed by atoms with van der Waals surface area (Å²) in [5.74, 6) is -0.685. The van der Waals surface area contributed by atoms with E-state index in [1.54, 1.807) is 54.6 Å². The predicted octanol–water partition coefficient (Wildman–Crippen LogP) is 8.99. The third-order valence-electron chi connectivity index (χ3n) is 6.95. The van der Waals surface area contributed by atoms with Crippen molar-refractivity contribution in [3.63, 3.8) is 0 Å². The molecule has 0 aromatic heterocycles. The molecule has 0 heterocycles. The molecular formula is C31H33F3O2. The maximum atomic E-state index is 15.0. The second-order valence-corrected chi connectivity index (χ2v) is 9.64. The average Bonchev–Trinajstić information content (AvgIpc) is 2.89. The van der Waals surface area contributed by atoms with Gasteiger partial charge in [0.1, 0.15) is 12.4 Å². The zero-order valence-corrected chi connectivity index (χ0v) is 20.7. The maximum Gasteiger partial charge on any atom is 0.168 e. The summed E-state index contributed by atoms with van der Waals surface area (Å²) in [5, 5.41) is 0. The zero-order valence-electron chi connectivity index (χ0n) is 20.7. The highest BCUT2D eigenvalue weighted by Gasteiger charge is 2.25. The first-order chi connectivity index (χ1) is 17.5. The molecule has 4 rings (SSSR count). The van der Waals surface area contributed by atoms with E-state index in [4.69, 9.17) is 9.47 Å². The molecule has 2 nitrogen and oxygen atoms in total. The molecule has 1 aliphatic carbocycles. The average molecular weight is 495 g/mol. The van der Waals surface area contributed by atoms with E-state index in [1.165, 1.54) is 6.07 Å². The van der Waals surface area contributed by atoms with Crippen molar-refractivity contribution in [2.45, 2.75) is 58.0 Å². The van der Waals surface area contributed by atoms with Crippen LogP contribution >= 0.6 is 0 Å². The highest BCUT2D eigenvalue weighted by Crippen LogP contribution is 2.38. The summed E-state index contributed by atoms with van der Waals surface area (Å²) < 4.78 is 55.3. The molecule has 0 unspecified atom stereocenters. The molecule has 0 aliphatic heterocycles. The van der Waals surface area contributed by atoms with E-state index in [0.717, 1.165) is 44.1 Å². The van der Waals surface area contributed by atoms with Crippen molar-refractivity contribution in [1.82, 2.24) is 0 Å². The fraction of sp³-hybridized carbons (Fsp3) is 0.355. The minimum atomic E-state index is -0.794. The lowest BCUT2D eigenvalue weighted by atomic mass is 9.79. The van der Waals surface area contributed by atoms with Crippen LogP contribution in [0.1, 0.15) is 62.5 Å². The monoisotopic (exact) mass is 494 g/mol. The highest BCUT2D eigenvalue weighted by molar-refractivity contribution is 5.65. The first kappa shape index (κ1) is 25.9. The SMILES string of the molecule is C=CCCCOc1ccc(OCc2ccc(-c3ccc(C4CCC(C)CC4)c(F)c3F)cc2)cc1F. The smallest absolute Gasteiger partial charge is 0.168 e. The van der Waals surface area contributed by atoms with Crippen LogP contribution in [0.2, 0.25) is 0 Å². The minimum Gasteiger partial charge on any atom is -0.491 e. The van der Waals surface area contributed by atoms with Crippen LogP contribution < -0.4 is 9.47 Å². The summed E-state index contributed by atoms with van der Waals surface area (Å²) in [5.41, 5.74) is 2.17.